The largest absolute Gasteiger partial charge is 0.376 e. The smallest absolute Gasteiger partial charge is 0.0754 e. The SMILES string of the molecule is CC(C)C1CCCC2(CCOC2CN)C1. The van der Waals surface area contributed by atoms with Gasteiger partial charge in [0.1, 0.15) is 0 Å². The van der Waals surface area contributed by atoms with Crippen LogP contribution in [0, 0.1) is 17.3 Å². The van der Waals surface area contributed by atoms with Gasteiger partial charge in [0.05, 0.1) is 6.10 Å². The van der Waals surface area contributed by atoms with Crippen LogP contribution in [0.25, 0.3) is 0 Å². The maximum Gasteiger partial charge on any atom is 0.0754 e. The van der Waals surface area contributed by atoms with Crippen molar-refractivity contribution in [1.82, 2.24) is 0 Å². The van der Waals surface area contributed by atoms with Gasteiger partial charge in [0.15, 0.2) is 0 Å². The number of hydrogen-bond acceptors (Lipinski definition) is 2. The van der Waals surface area contributed by atoms with Gasteiger partial charge in [0.25, 0.3) is 0 Å². The minimum Gasteiger partial charge on any atom is -0.376 e. The van der Waals surface area contributed by atoms with Crippen molar-refractivity contribution in [2.24, 2.45) is 23.0 Å². The second-order valence-corrected chi connectivity index (χ2v) is 5.81. The van der Waals surface area contributed by atoms with E-state index in [2.05, 4.69) is 13.8 Å². The number of rotatable bonds is 2. The highest BCUT2D eigenvalue weighted by atomic mass is 16.5. The Morgan fingerprint density at radius 3 is 2.87 bits per heavy atom. The van der Waals surface area contributed by atoms with Gasteiger partial charge in [-0.15, -0.1) is 0 Å². The van der Waals surface area contributed by atoms with Gasteiger partial charge in [-0.1, -0.05) is 26.7 Å². The van der Waals surface area contributed by atoms with Crippen LogP contribution in [0.2, 0.25) is 0 Å². The molecular formula is C13H25NO. The zero-order valence-corrected chi connectivity index (χ0v) is 10.2. The standard InChI is InChI=1S/C13H25NO/c1-10(2)11-4-3-5-13(8-11)6-7-15-12(13)9-14/h10-12H,3-9,14H2,1-2H3. The van der Waals surface area contributed by atoms with Gasteiger partial charge in [-0.05, 0) is 31.1 Å². The molecule has 0 aromatic heterocycles. The van der Waals surface area contributed by atoms with E-state index in [1.807, 2.05) is 0 Å². The summed E-state index contributed by atoms with van der Waals surface area (Å²) in [7, 11) is 0. The summed E-state index contributed by atoms with van der Waals surface area (Å²) in [6, 6.07) is 0. The van der Waals surface area contributed by atoms with Crippen molar-refractivity contribution in [2.45, 2.75) is 52.1 Å². The molecule has 2 aliphatic rings. The Labute approximate surface area is 93.6 Å². The van der Waals surface area contributed by atoms with Crippen LogP contribution in [0.4, 0.5) is 0 Å². The molecule has 0 aromatic rings. The van der Waals surface area contributed by atoms with Crippen molar-refractivity contribution in [2.75, 3.05) is 13.2 Å². The molecule has 1 saturated carbocycles. The molecule has 1 aliphatic carbocycles. The molecule has 1 saturated heterocycles. The normalized spacial score (nSPS) is 41.6. The van der Waals surface area contributed by atoms with Crippen LogP contribution in [0.5, 0.6) is 0 Å². The van der Waals surface area contributed by atoms with Crippen LogP contribution in [-0.2, 0) is 4.74 Å². The van der Waals surface area contributed by atoms with Gasteiger partial charge >= 0.3 is 0 Å². The lowest BCUT2D eigenvalue weighted by Crippen LogP contribution is -2.41. The van der Waals surface area contributed by atoms with E-state index >= 15 is 0 Å². The summed E-state index contributed by atoms with van der Waals surface area (Å²) < 4.78 is 5.80. The topological polar surface area (TPSA) is 35.2 Å². The predicted molar refractivity (Wildman–Crippen MR) is 62.6 cm³/mol. The third kappa shape index (κ3) is 2.07. The summed E-state index contributed by atoms with van der Waals surface area (Å²) in [6.07, 6.45) is 7.08. The highest BCUT2D eigenvalue weighted by Gasteiger charge is 2.46. The first-order valence-corrected chi connectivity index (χ1v) is 6.49. The summed E-state index contributed by atoms with van der Waals surface area (Å²) in [6.45, 7) is 6.37. The molecule has 0 radical (unpaired) electrons. The quantitative estimate of drug-likeness (QED) is 0.762. The third-order valence-electron chi connectivity index (χ3n) is 4.68. The first-order chi connectivity index (χ1) is 7.18. The maximum atomic E-state index is 5.84. The maximum absolute atomic E-state index is 5.84. The Balaban J connectivity index is 2.07. The minimum atomic E-state index is 0.346. The average Bonchev–Trinajstić information content (AvgIpc) is 2.60. The predicted octanol–water partition coefficient (Wildman–Crippen LogP) is 2.57. The lowest BCUT2D eigenvalue weighted by atomic mass is 9.63. The van der Waals surface area contributed by atoms with Gasteiger partial charge in [-0.2, -0.15) is 0 Å². The van der Waals surface area contributed by atoms with E-state index < -0.39 is 0 Å². The summed E-state index contributed by atoms with van der Waals surface area (Å²) >= 11 is 0. The lowest BCUT2D eigenvalue weighted by Gasteiger charge is -2.42. The molecule has 1 heterocycles. The zero-order chi connectivity index (χ0) is 10.9. The Hall–Kier alpha value is -0.0800. The van der Waals surface area contributed by atoms with Crippen LogP contribution in [0.3, 0.4) is 0 Å². The molecule has 2 heteroatoms. The second-order valence-electron chi connectivity index (χ2n) is 5.81. The van der Waals surface area contributed by atoms with Gasteiger partial charge in [0.2, 0.25) is 0 Å². The van der Waals surface area contributed by atoms with Crippen molar-refractivity contribution in [3.8, 4) is 0 Å². The molecule has 1 aliphatic heterocycles. The van der Waals surface area contributed by atoms with E-state index in [-0.39, 0.29) is 0 Å². The first-order valence-electron chi connectivity index (χ1n) is 6.49. The molecule has 0 bridgehead atoms. The molecular weight excluding hydrogens is 186 g/mol. The summed E-state index contributed by atoms with van der Waals surface area (Å²) in [4.78, 5) is 0. The van der Waals surface area contributed by atoms with Crippen molar-refractivity contribution in [1.29, 1.82) is 0 Å². The highest BCUT2D eigenvalue weighted by molar-refractivity contribution is 4.96. The fourth-order valence-electron chi connectivity index (χ4n) is 3.59. The monoisotopic (exact) mass is 211 g/mol. The van der Waals surface area contributed by atoms with Crippen LogP contribution in [0.1, 0.15) is 46.0 Å². The van der Waals surface area contributed by atoms with E-state index in [1.54, 1.807) is 0 Å². The van der Waals surface area contributed by atoms with Gasteiger partial charge < -0.3 is 10.5 Å². The molecule has 1 spiro atoms. The molecule has 3 atom stereocenters. The summed E-state index contributed by atoms with van der Waals surface area (Å²) in [5, 5.41) is 0. The highest BCUT2D eigenvalue weighted by Crippen LogP contribution is 2.50. The van der Waals surface area contributed by atoms with E-state index in [1.165, 1.54) is 32.1 Å². The van der Waals surface area contributed by atoms with E-state index in [0.717, 1.165) is 18.4 Å². The van der Waals surface area contributed by atoms with E-state index in [0.29, 0.717) is 18.1 Å². The molecule has 3 unspecified atom stereocenters. The van der Waals surface area contributed by atoms with Crippen LogP contribution < -0.4 is 5.73 Å². The van der Waals surface area contributed by atoms with Crippen molar-refractivity contribution >= 4 is 0 Å². The van der Waals surface area contributed by atoms with Crippen molar-refractivity contribution in [3.63, 3.8) is 0 Å². The number of ether oxygens (including phenoxy) is 1. The van der Waals surface area contributed by atoms with E-state index in [4.69, 9.17) is 10.5 Å². The van der Waals surface area contributed by atoms with Gasteiger partial charge in [0, 0.05) is 18.6 Å². The summed E-state index contributed by atoms with van der Waals surface area (Å²) in [5.41, 5.74) is 6.28. The Bertz CT molecular complexity index is 217. The van der Waals surface area contributed by atoms with Crippen LogP contribution in [0.15, 0.2) is 0 Å². The molecule has 0 aromatic carbocycles. The number of hydrogen-bond donors (Lipinski definition) is 1. The molecule has 2 fully saturated rings. The van der Waals surface area contributed by atoms with Crippen molar-refractivity contribution < 1.29 is 4.74 Å². The second kappa shape index (κ2) is 4.42. The zero-order valence-electron chi connectivity index (χ0n) is 10.2. The Morgan fingerprint density at radius 2 is 2.20 bits per heavy atom. The van der Waals surface area contributed by atoms with Gasteiger partial charge in [-0.3, -0.25) is 0 Å². The molecule has 2 nitrogen and oxygen atoms in total. The first kappa shape index (κ1) is 11.4. The van der Waals surface area contributed by atoms with Crippen molar-refractivity contribution in [3.05, 3.63) is 0 Å². The lowest BCUT2D eigenvalue weighted by molar-refractivity contribution is 0.0131. The average molecular weight is 211 g/mol. The minimum absolute atomic E-state index is 0.346. The fourth-order valence-corrected chi connectivity index (χ4v) is 3.59. The molecule has 88 valence electrons. The Kier molecular flexibility index (Phi) is 3.36. The number of nitrogens with two attached hydrogens (primary N) is 1. The molecule has 15 heavy (non-hydrogen) atoms. The summed E-state index contributed by atoms with van der Waals surface area (Å²) in [5.74, 6) is 1.72. The Morgan fingerprint density at radius 1 is 1.40 bits per heavy atom. The van der Waals surface area contributed by atoms with Crippen LogP contribution >= 0.6 is 0 Å². The van der Waals surface area contributed by atoms with Gasteiger partial charge in [-0.25, -0.2) is 0 Å². The molecule has 2 N–H and O–H groups in total. The molecule has 2 rings (SSSR count). The van der Waals surface area contributed by atoms with Crippen LogP contribution in [-0.4, -0.2) is 19.3 Å². The fraction of sp³-hybridized carbons (Fsp3) is 1.00. The third-order valence-corrected chi connectivity index (χ3v) is 4.68. The molecule has 0 amide bonds. The van der Waals surface area contributed by atoms with E-state index in [9.17, 15) is 0 Å².